The minimum absolute atomic E-state index is 0.00371. The van der Waals surface area contributed by atoms with E-state index in [1.165, 1.54) is 16.8 Å². The van der Waals surface area contributed by atoms with Crippen LogP contribution in [0, 0.1) is 12.7 Å². The van der Waals surface area contributed by atoms with E-state index in [0.717, 1.165) is 12.8 Å². The number of pyridine rings is 1. The van der Waals surface area contributed by atoms with Gasteiger partial charge in [-0.3, -0.25) is 14.1 Å². The fourth-order valence-corrected chi connectivity index (χ4v) is 5.87. The molecule has 0 saturated heterocycles. The highest BCUT2D eigenvalue weighted by atomic mass is 79.9. The van der Waals surface area contributed by atoms with Crippen molar-refractivity contribution in [3.63, 3.8) is 0 Å². The molecule has 0 spiro atoms. The molecule has 2 aromatic rings. The average molecular weight is 529 g/mol. The van der Waals surface area contributed by atoms with Crippen molar-refractivity contribution in [2.75, 3.05) is 4.72 Å². The third kappa shape index (κ3) is 5.26. The Hall–Kier alpha value is -1.71. The third-order valence-corrected chi connectivity index (χ3v) is 8.82. The van der Waals surface area contributed by atoms with Crippen LogP contribution in [-0.2, 0) is 27.9 Å². The maximum Gasteiger partial charge on any atom is 0.255 e. The standard InChI is InChI=1S/C23H30BrFN2O4S/c1-15(2)31-14-27-13-21(26-32(29,30)23(4)9-5-6-10-23)19(16(3)22(27)28)11-17-7-8-18(24)12-20(17)25/h7-8,12-13,15,26H,5-6,9-11,14H2,1-4H3. The fourth-order valence-electron chi connectivity index (χ4n) is 3.99. The van der Waals surface area contributed by atoms with E-state index in [9.17, 15) is 17.6 Å². The number of halogens is 2. The summed E-state index contributed by atoms with van der Waals surface area (Å²) in [5.74, 6) is -0.428. The first-order valence-corrected chi connectivity index (χ1v) is 13.0. The van der Waals surface area contributed by atoms with Gasteiger partial charge in [0.15, 0.2) is 0 Å². The number of benzene rings is 1. The Bertz CT molecular complexity index is 1160. The van der Waals surface area contributed by atoms with Gasteiger partial charge in [-0.25, -0.2) is 12.8 Å². The van der Waals surface area contributed by atoms with Gasteiger partial charge >= 0.3 is 0 Å². The zero-order chi connectivity index (χ0) is 23.7. The lowest BCUT2D eigenvalue weighted by Crippen LogP contribution is -2.38. The van der Waals surface area contributed by atoms with Crippen molar-refractivity contribution in [1.82, 2.24) is 4.57 Å². The van der Waals surface area contributed by atoms with E-state index < -0.39 is 20.6 Å². The Morgan fingerprint density at radius 1 is 1.28 bits per heavy atom. The molecule has 0 unspecified atom stereocenters. The Kier molecular flexibility index (Phi) is 7.51. The monoisotopic (exact) mass is 528 g/mol. The van der Waals surface area contributed by atoms with Crippen molar-refractivity contribution >= 4 is 31.6 Å². The quantitative estimate of drug-likeness (QED) is 0.516. The maximum absolute atomic E-state index is 14.6. The van der Waals surface area contributed by atoms with Gasteiger partial charge in [0, 0.05) is 22.7 Å². The van der Waals surface area contributed by atoms with E-state index in [2.05, 4.69) is 20.7 Å². The number of ether oxygens (including phenoxy) is 1. The number of anilines is 1. The highest BCUT2D eigenvalue weighted by Crippen LogP contribution is 2.38. The number of hydrogen-bond acceptors (Lipinski definition) is 4. The molecular formula is C23H30BrFN2O4S. The maximum atomic E-state index is 14.6. The molecule has 9 heteroatoms. The van der Waals surface area contributed by atoms with E-state index in [-0.39, 0.29) is 30.5 Å². The first kappa shape index (κ1) is 24.9. The van der Waals surface area contributed by atoms with Gasteiger partial charge in [0.1, 0.15) is 12.5 Å². The second-order valence-electron chi connectivity index (χ2n) is 8.94. The molecule has 1 aromatic heterocycles. The molecule has 1 aromatic carbocycles. The largest absolute Gasteiger partial charge is 0.358 e. The van der Waals surface area contributed by atoms with Crippen LogP contribution >= 0.6 is 15.9 Å². The van der Waals surface area contributed by atoms with Gasteiger partial charge in [0.25, 0.3) is 5.56 Å². The van der Waals surface area contributed by atoms with Gasteiger partial charge in [0.05, 0.1) is 16.5 Å². The number of nitrogens with zero attached hydrogens (tertiary/aromatic N) is 1. The van der Waals surface area contributed by atoms with Gasteiger partial charge in [-0.05, 0) is 63.8 Å². The predicted molar refractivity (Wildman–Crippen MR) is 128 cm³/mol. The Balaban J connectivity index is 2.09. The molecule has 6 nitrogen and oxygen atoms in total. The van der Waals surface area contributed by atoms with Crippen molar-refractivity contribution in [3.05, 3.63) is 61.7 Å². The van der Waals surface area contributed by atoms with E-state index in [4.69, 9.17) is 4.74 Å². The molecular weight excluding hydrogens is 499 g/mol. The number of aromatic nitrogens is 1. The van der Waals surface area contributed by atoms with Gasteiger partial charge < -0.3 is 4.74 Å². The molecule has 1 aliphatic rings. The summed E-state index contributed by atoms with van der Waals surface area (Å²) in [7, 11) is -3.73. The lowest BCUT2D eigenvalue weighted by Gasteiger charge is -2.26. The molecule has 0 radical (unpaired) electrons. The summed E-state index contributed by atoms with van der Waals surface area (Å²) >= 11 is 3.25. The fraction of sp³-hybridized carbons (Fsp3) is 0.522. The van der Waals surface area contributed by atoms with Gasteiger partial charge in [-0.1, -0.05) is 34.8 Å². The lowest BCUT2D eigenvalue weighted by molar-refractivity contribution is 0.0268. The Labute approximate surface area is 197 Å². The van der Waals surface area contributed by atoms with Crippen molar-refractivity contribution in [3.8, 4) is 0 Å². The molecule has 0 amide bonds. The van der Waals surface area contributed by atoms with E-state index >= 15 is 0 Å². The molecule has 1 N–H and O–H groups in total. The lowest BCUT2D eigenvalue weighted by atomic mass is 10.00. The van der Waals surface area contributed by atoms with Gasteiger partial charge in [-0.2, -0.15) is 0 Å². The number of sulfonamides is 1. The molecule has 1 saturated carbocycles. The van der Waals surface area contributed by atoms with Crippen LogP contribution in [0.4, 0.5) is 10.1 Å². The highest BCUT2D eigenvalue weighted by Gasteiger charge is 2.42. The van der Waals surface area contributed by atoms with Crippen molar-refractivity contribution in [2.45, 2.75) is 77.4 Å². The van der Waals surface area contributed by atoms with Crippen LogP contribution in [0.15, 0.2) is 33.7 Å². The zero-order valence-corrected chi connectivity index (χ0v) is 21.3. The molecule has 0 aliphatic heterocycles. The van der Waals surface area contributed by atoms with Crippen LogP contribution in [0.2, 0.25) is 0 Å². The van der Waals surface area contributed by atoms with Crippen molar-refractivity contribution in [2.24, 2.45) is 0 Å². The minimum atomic E-state index is -3.73. The van der Waals surface area contributed by atoms with Gasteiger partial charge in [-0.15, -0.1) is 0 Å². The summed E-state index contributed by atoms with van der Waals surface area (Å²) in [6.45, 7) is 7.09. The number of nitrogens with one attached hydrogen (secondary N) is 1. The zero-order valence-electron chi connectivity index (χ0n) is 18.9. The van der Waals surface area contributed by atoms with Crippen LogP contribution < -0.4 is 10.3 Å². The molecule has 32 heavy (non-hydrogen) atoms. The second-order valence-corrected chi connectivity index (χ2v) is 12.1. The van der Waals surface area contributed by atoms with E-state index in [0.29, 0.717) is 34.0 Å². The molecule has 0 atom stereocenters. The number of hydrogen-bond donors (Lipinski definition) is 1. The van der Waals surface area contributed by atoms with Crippen molar-refractivity contribution in [1.29, 1.82) is 0 Å². The minimum Gasteiger partial charge on any atom is -0.358 e. The molecule has 1 fully saturated rings. The first-order chi connectivity index (χ1) is 14.9. The molecule has 176 valence electrons. The Morgan fingerprint density at radius 3 is 2.53 bits per heavy atom. The third-order valence-electron chi connectivity index (χ3n) is 6.13. The molecule has 3 rings (SSSR count). The SMILES string of the molecule is Cc1c(Cc2ccc(Br)cc2F)c(NS(=O)(=O)C2(C)CCCC2)cn(COC(C)C)c1=O. The first-order valence-electron chi connectivity index (χ1n) is 10.7. The summed E-state index contributed by atoms with van der Waals surface area (Å²) in [5.41, 5.74) is 1.18. The second kappa shape index (κ2) is 9.65. The highest BCUT2D eigenvalue weighted by molar-refractivity contribution is 9.10. The Morgan fingerprint density at radius 2 is 1.94 bits per heavy atom. The smallest absolute Gasteiger partial charge is 0.255 e. The normalized spacial score (nSPS) is 16.0. The predicted octanol–water partition coefficient (Wildman–Crippen LogP) is 5.11. The van der Waals surface area contributed by atoms with E-state index in [1.807, 2.05) is 13.8 Å². The number of rotatable bonds is 8. The van der Waals surface area contributed by atoms with Crippen LogP contribution in [0.25, 0.3) is 0 Å². The van der Waals surface area contributed by atoms with Gasteiger partial charge in [0.2, 0.25) is 10.0 Å². The molecule has 1 heterocycles. The summed E-state index contributed by atoms with van der Waals surface area (Å²) in [5, 5.41) is 0. The van der Waals surface area contributed by atoms with E-state index in [1.54, 1.807) is 26.0 Å². The molecule has 1 aliphatic carbocycles. The average Bonchev–Trinajstić information content (AvgIpc) is 3.16. The van der Waals surface area contributed by atoms with Crippen molar-refractivity contribution < 1.29 is 17.5 Å². The summed E-state index contributed by atoms with van der Waals surface area (Å²) in [6.07, 6.45) is 4.32. The summed E-state index contributed by atoms with van der Waals surface area (Å²) < 4.78 is 50.6. The topological polar surface area (TPSA) is 77.4 Å². The van der Waals surface area contributed by atoms with Crippen LogP contribution in [0.3, 0.4) is 0 Å². The van der Waals surface area contributed by atoms with Crippen LogP contribution in [-0.4, -0.2) is 23.8 Å². The molecule has 0 bridgehead atoms. The summed E-state index contributed by atoms with van der Waals surface area (Å²) in [4.78, 5) is 13.0. The van der Waals surface area contributed by atoms with Crippen LogP contribution in [0.1, 0.15) is 63.1 Å². The summed E-state index contributed by atoms with van der Waals surface area (Å²) in [6, 6.07) is 4.70. The van der Waals surface area contributed by atoms with Crippen LogP contribution in [0.5, 0.6) is 0 Å².